The fourth-order valence-corrected chi connectivity index (χ4v) is 3.11. The van der Waals surface area contributed by atoms with Gasteiger partial charge in [0.15, 0.2) is 5.82 Å². The molecule has 18 heteroatoms. The Morgan fingerprint density at radius 2 is 1.79 bits per heavy atom. The fourth-order valence-electron chi connectivity index (χ4n) is 3.11. The van der Waals surface area contributed by atoms with E-state index in [0.717, 1.165) is 0 Å². The van der Waals surface area contributed by atoms with Gasteiger partial charge >= 0.3 is 19.8 Å². The fraction of sp³-hybridized carbons (Fsp3) is 0.250. The third-order valence-corrected chi connectivity index (χ3v) is 4.86. The summed E-state index contributed by atoms with van der Waals surface area (Å²) in [5, 5.41) is 29.7. The minimum Gasteiger partial charge on any atom is -0.480 e. The number of nitrogens with two attached hydrogens (primary N) is 1. The Morgan fingerprint density at radius 1 is 1.18 bits per heavy atom. The van der Waals surface area contributed by atoms with E-state index < -0.39 is 38.1 Å². The largest absolute Gasteiger partial charge is 0.480 e. The second-order valence-electron chi connectivity index (χ2n) is 7.85. The van der Waals surface area contributed by atoms with Gasteiger partial charge in [0.1, 0.15) is 11.7 Å². The van der Waals surface area contributed by atoms with E-state index in [4.69, 9.17) is 30.1 Å². The maximum Gasteiger partial charge on any atom is 0.466 e. The number of fused-ring (bicyclic) bond motifs is 1. The number of H-pyrrole nitrogens is 1. The van der Waals surface area contributed by atoms with Crippen molar-refractivity contribution in [3.05, 3.63) is 52.3 Å². The summed E-state index contributed by atoms with van der Waals surface area (Å²) in [5.41, 5.74) is 6.02. The number of aliphatic carboxylic acids is 2. The summed E-state index contributed by atoms with van der Waals surface area (Å²) in [7, 11) is -4.64. The summed E-state index contributed by atoms with van der Waals surface area (Å²) in [5.74, 6) is -2.95. The molecule has 0 bridgehead atoms. The van der Waals surface area contributed by atoms with Crippen molar-refractivity contribution in [2.24, 2.45) is 0 Å². The lowest BCUT2D eigenvalue weighted by atomic mass is 10.1. The number of anilines is 4. The average molecular weight is 555 g/mol. The van der Waals surface area contributed by atoms with E-state index in [1.54, 1.807) is 12.1 Å². The maximum absolute atomic E-state index is 12.4. The Labute approximate surface area is 214 Å². The predicted molar refractivity (Wildman–Crippen MR) is 135 cm³/mol. The van der Waals surface area contributed by atoms with Crippen molar-refractivity contribution in [3.63, 3.8) is 0 Å². The first-order valence-electron chi connectivity index (χ1n) is 10.6. The molecule has 2 heterocycles. The zero-order chi connectivity index (χ0) is 28.6. The lowest BCUT2D eigenvalue weighted by molar-refractivity contribution is -0.139. The Hall–Kier alpha value is -4.44. The van der Waals surface area contributed by atoms with Gasteiger partial charge in [-0.1, -0.05) is 6.58 Å². The molecule has 0 fully saturated rings. The molecule has 1 aliphatic heterocycles. The van der Waals surface area contributed by atoms with Crippen LogP contribution in [-0.4, -0.2) is 77.9 Å². The van der Waals surface area contributed by atoms with E-state index in [9.17, 15) is 24.3 Å². The van der Waals surface area contributed by atoms with Gasteiger partial charge in [0.05, 0.1) is 6.04 Å². The van der Waals surface area contributed by atoms with E-state index in [-0.39, 0.29) is 28.7 Å². The van der Waals surface area contributed by atoms with Gasteiger partial charge < -0.3 is 51.9 Å². The van der Waals surface area contributed by atoms with Gasteiger partial charge in [0.2, 0.25) is 5.95 Å². The number of aromatic amines is 1. The van der Waals surface area contributed by atoms with E-state index in [2.05, 4.69) is 37.8 Å². The van der Waals surface area contributed by atoms with Crippen LogP contribution in [0, 0.1) is 0 Å². The van der Waals surface area contributed by atoms with Crippen molar-refractivity contribution in [3.8, 4) is 0 Å². The standard InChI is InChI=1S/C20H23N7O6.H3O4P/c1-9(18(30)31)6-13(19(32)33)25-16(28)10-2-4-11(5-3-10)22-7-12-8-23-15-14(24-12)17(29)27-20(21)26-15;1-5(2,3)4/h2-5,12-13,22,24H,1,6-8H2,(H,25,28)(H,30,31)(H,32,33)(H4,21,23,26,27,29);(H3,1,2,3,4). The van der Waals surface area contributed by atoms with Crippen LogP contribution in [0.5, 0.6) is 0 Å². The van der Waals surface area contributed by atoms with Crippen molar-refractivity contribution < 1.29 is 43.8 Å². The highest BCUT2D eigenvalue weighted by Crippen LogP contribution is 2.25. The van der Waals surface area contributed by atoms with Gasteiger partial charge in [-0.15, -0.1) is 0 Å². The van der Waals surface area contributed by atoms with Crippen LogP contribution in [0.25, 0.3) is 0 Å². The third-order valence-electron chi connectivity index (χ3n) is 4.86. The minimum absolute atomic E-state index is 0.0234. The summed E-state index contributed by atoms with van der Waals surface area (Å²) in [6.07, 6.45) is -0.424. The molecule has 0 radical (unpaired) electrons. The van der Waals surface area contributed by atoms with Crippen molar-refractivity contribution in [1.29, 1.82) is 0 Å². The Morgan fingerprint density at radius 3 is 2.34 bits per heavy atom. The molecule has 0 saturated carbocycles. The molecule has 38 heavy (non-hydrogen) atoms. The highest BCUT2D eigenvalue weighted by molar-refractivity contribution is 7.45. The van der Waals surface area contributed by atoms with E-state index >= 15 is 0 Å². The van der Waals surface area contributed by atoms with Gasteiger partial charge in [-0.05, 0) is 24.3 Å². The number of rotatable bonds is 9. The molecule has 1 aromatic heterocycles. The van der Waals surface area contributed by atoms with Crippen LogP contribution in [0.4, 0.5) is 23.1 Å². The van der Waals surface area contributed by atoms with Crippen LogP contribution >= 0.6 is 7.82 Å². The number of nitrogen functional groups attached to an aromatic ring is 1. The number of amides is 1. The topological polar surface area (TPSA) is 289 Å². The number of carboxylic acid groups (broad SMARTS) is 2. The number of nitrogens with one attached hydrogen (secondary N) is 5. The highest BCUT2D eigenvalue weighted by atomic mass is 31.2. The number of benzene rings is 1. The van der Waals surface area contributed by atoms with Gasteiger partial charge in [-0.25, -0.2) is 14.2 Å². The second-order valence-corrected chi connectivity index (χ2v) is 8.87. The molecule has 3 rings (SSSR count). The van der Waals surface area contributed by atoms with Gasteiger partial charge in [-0.2, -0.15) is 4.98 Å². The molecule has 17 nitrogen and oxygen atoms in total. The summed E-state index contributed by atoms with van der Waals surface area (Å²) >= 11 is 0. The molecule has 0 saturated heterocycles. The summed E-state index contributed by atoms with van der Waals surface area (Å²) < 4.78 is 8.88. The lowest BCUT2D eigenvalue weighted by Crippen LogP contribution is -2.41. The molecule has 1 aliphatic rings. The normalized spacial score (nSPS) is 14.8. The number of phosphoric acid groups is 1. The Balaban J connectivity index is 0.000000926. The maximum atomic E-state index is 12.4. The number of hydrogen-bond acceptors (Lipinski definition) is 10. The van der Waals surface area contributed by atoms with Crippen LogP contribution in [-0.2, 0) is 14.2 Å². The molecule has 2 unspecified atom stereocenters. The van der Waals surface area contributed by atoms with Crippen molar-refractivity contribution >= 4 is 48.8 Å². The molecule has 1 aromatic carbocycles. The van der Waals surface area contributed by atoms with Crippen molar-refractivity contribution in [2.75, 3.05) is 34.8 Å². The molecular weight excluding hydrogens is 529 g/mol. The second kappa shape index (κ2) is 12.7. The average Bonchev–Trinajstić information content (AvgIpc) is 2.81. The predicted octanol–water partition coefficient (Wildman–Crippen LogP) is -1.04. The first-order valence-corrected chi connectivity index (χ1v) is 12.2. The quantitative estimate of drug-likeness (QED) is 0.130. The van der Waals surface area contributed by atoms with E-state index in [1.807, 2.05) is 0 Å². The number of carboxylic acids is 2. The van der Waals surface area contributed by atoms with Crippen molar-refractivity contribution in [1.82, 2.24) is 15.3 Å². The van der Waals surface area contributed by atoms with Crippen LogP contribution in [0.3, 0.4) is 0 Å². The van der Waals surface area contributed by atoms with Gasteiger partial charge in [-0.3, -0.25) is 14.6 Å². The Bertz CT molecular complexity index is 1300. The zero-order valence-electron chi connectivity index (χ0n) is 19.5. The molecule has 2 aromatic rings. The first kappa shape index (κ1) is 29.8. The lowest BCUT2D eigenvalue weighted by Gasteiger charge is -2.27. The number of aromatic nitrogens is 2. The van der Waals surface area contributed by atoms with Gasteiger partial charge in [0, 0.05) is 36.3 Å². The van der Waals surface area contributed by atoms with Crippen LogP contribution < -0.4 is 32.6 Å². The van der Waals surface area contributed by atoms with E-state index in [0.29, 0.717) is 30.3 Å². The summed E-state index contributed by atoms with van der Waals surface area (Å²) in [6, 6.07) is 4.73. The van der Waals surface area contributed by atoms with Gasteiger partial charge in [0.25, 0.3) is 11.5 Å². The first-order chi connectivity index (χ1) is 17.6. The SMILES string of the molecule is C=C(CC(NC(=O)c1ccc(NCC2CNc3nc(N)[nH]c(=O)c3N2)cc1)C(=O)O)C(=O)O.O=P(O)(O)O. The molecule has 1 amide bonds. The summed E-state index contributed by atoms with van der Waals surface area (Å²) in [4.78, 5) is 74.6. The van der Waals surface area contributed by atoms with E-state index in [1.165, 1.54) is 12.1 Å². The number of nitrogens with zero attached hydrogens (tertiary/aromatic N) is 1. The zero-order valence-corrected chi connectivity index (χ0v) is 20.4. The van der Waals surface area contributed by atoms with Crippen LogP contribution in [0.2, 0.25) is 0 Å². The Kier molecular flexibility index (Phi) is 9.94. The molecule has 0 spiro atoms. The minimum atomic E-state index is -4.64. The highest BCUT2D eigenvalue weighted by Gasteiger charge is 2.24. The van der Waals surface area contributed by atoms with Crippen molar-refractivity contribution in [2.45, 2.75) is 18.5 Å². The summed E-state index contributed by atoms with van der Waals surface area (Å²) in [6.45, 7) is 4.23. The molecule has 206 valence electrons. The third kappa shape index (κ3) is 9.55. The molecular formula is C20H26N7O10P. The molecule has 2 atom stereocenters. The smallest absolute Gasteiger partial charge is 0.466 e. The van der Waals surface area contributed by atoms with Crippen LogP contribution in [0.1, 0.15) is 16.8 Å². The molecule has 12 N–H and O–H groups in total. The monoisotopic (exact) mass is 555 g/mol. The number of carbonyl (C=O) groups excluding carboxylic acids is 1. The number of hydrogen-bond donors (Lipinski definition) is 11. The number of carbonyl (C=O) groups is 3. The van der Waals surface area contributed by atoms with Crippen LogP contribution in [0.15, 0.2) is 41.2 Å². The molecule has 0 aliphatic carbocycles.